The van der Waals surface area contributed by atoms with Gasteiger partial charge in [0.15, 0.2) is 5.60 Å². The molecule has 21 heavy (non-hydrogen) atoms. The van der Waals surface area contributed by atoms with Crippen LogP contribution < -0.4 is 0 Å². The number of fused-ring (bicyclic) bond motifs is 3. The minimum atomic E-state index is -0.478. The molecule has 2 aliphatic carbocycles. The summed E-state index contributed by atoms with van der Waals surface area (Å²) in [6.45, 7) is 6.84. The van der Waals surface area contributed by atoms with E-state index < -0.39 is 5.60 Å². The second kappa shape index (κ2) is 4.20. The Balaban J connectivity index is 1.84. The van der Waals surface area contributed by atoms with E-state index in [0.29, 0.717) is 24.7 Å². The molecule has 3 aliphatic rings. The Hall–Kier alpha value is -1.61. The van der Waals surface area contributed by atoms with E-state index in [0.717, 1.165) is 19.3 Å². The first-order chi connectivity index (χ1) is 10.1. The Kier molecular flexibility index (Phi) is 2.62. The van der Waals surface area contributed by atoms with Gasteiger partial charge in [0.2, 0.25) is 0 Å². The molecule has 0 radical (unpaired) electrons. The molecule has 1 aromatic rings. The topological polar surface area (TPSA) is 35.5 Å². The molecule has 1 aliphatic heterocycles. The van der Waals surface area contributed by atoms with E-state index in [1.54, 1.807) is 6.92 Å². The first-order valence-corrected chi connectivity index (χ1v) is 7.67. The fourth-order valence-corrected chi connectivity index (χ4v) is 4.54. The number of aryl methyl sites for hydroxylation is 1. The van der Waals surface area contributed by atoms with Crippen LogP contribution >= 0.6 is 0 Å². The lowest BCUT2D eigenvalue weighted by Gasteiger charge is -2.27. The molecule has 3 unspecified atom stereocenters. The van der Waals surface area contributed by atoms with Crippen molar-refractivity contribution in [2.75, 3.05) is 13.2 Å². The molecule has 110 valence electrons. The van der Waals surface area contributed by atoms with E-state index >= 15 is 0 Å². The molecule has 1 saturated carbocycles. The first kappa shape index (κ1) is 13.1. The number of rotatable bonds is 2. The van der Waals surface area contributed by atoms with E-state index in [2.05, 4.69) is 24.8 Å². The van der Waals surface area contributed by atoms with E-state index in [9.17, 15) is 4.79 Å². The van der Waals surface area contributed by atoms with Crippen LogP contribution in [0.5, 0.6) is 0 Å². The minimum Gasteiger partial charge on any atom is -0.450 e. The Labute approximate surface area is 124 Å². The Morgan fingerprint density at radius 3 is 3.05 bits per heavy atom. The average Bonchev–Trinajstić information content (AvgIpc) is 2.79. The normalized spacial score (nSPS) is 36.0. The first-order valence-electron chi connectivity index (χ1n) is 7.67. The number of hydrogen-bond donors (Lipinski definition) is 0. The molecule has 1 aromatic carbocycles. The van der Waals surface area contributed by atoms with Crippen LogP contribution in [-0.2, 0) is 26.3 Å². The van der Waals surface area contributed by atoms with Gasteiger partial charge >= 0.3 is 5.97 Å². The number of carbonyl (C=O) groups excluding carboxylic acids is 1. The van der Waals surface area contributed by atoms with E-state index in [1.807, 2.05) is 6.07 Å². The smallest absolute Gasteiger partial charge is 0.334 e. The maximum atomic E-state index is 12.2. The van der Waals surface area contributed by atoms with E-state index in [-0.39, 0.29) is 11.4 Å². The molecular weight excluding hydrogens is 264 g/mol. The number of benzene rings is 1. The van der Waals surface area contributed by atoms with Crippen molar-refractivity contribution in [2.24, 2.45) is 11.3 Å². The number of hydrogen-bond acceptors (Lipinski definition) is 3. The molecule has 0 bridgehead atoms. The summed E-state index contributed by atoms with van der Waals surface area (Å²) in [5.41, 5.74) is 2.50. The highest BCUT2D eigenvalue weighted by molar-refractivity contribution is 5.88. The number of esters is 1. The maximum Gasteiger partial charge on any atom is 0.334 e. The average molecular weight is 284 g/mol. The summed E-state index contributed by atoms with van der Waals surface area (Å²) in [6.07, 6.45) is 3.25. The highest BCUT2D eigenvalue weighted by Crippen LogP contribution is 2.76. The van der Waals surface area contributed by atoms with Gasteiger partial charge in [-0.15, -0.1) is 0 Å². The monoisotopic (exact) mass is 284 g/mol. The lowest BCUT2D eigenvalue weighted by atomic mass is 9.93. The molecule has 3 nitrogen and oxygen atoms in total. The van der Waals surface area contributed by atoms with E-state index in [4.69, 9.17) is 9.47 Å². The molecule has 1 saturated heterocycles. The zero-order valence-corrected chi connectivity index (χ0v) is 12.4. The van der Waals surface area contributed by atoms with Crippen LogP contribution in [0.3, 0.4) is 0 Å². The van der Waals surface area contributed by atoms with Crippen LogP contribution in [0.15, 0.2) is 36.4 Å². The second-order valence-corrected chi connectivity index (χ2v) is 6.64. The van der Waals surface area contributed by atoms with Gasteiger partial charge in [0.25, 0.3) is 0 Å². The van der Waals surface area contributed by atoms with Gasteiger partial charge < -0.3 is 9.47 Å². The van der Waals surface area contributed by atoms with Gasteiger partial charge in [-0.3, -0.25) is 0 Å². The summed E-state index contributed by atoms with van der Waals surface area (Å²) < 4.78 is 11.8. The second-order valence-electron chi connectivity index (χ2n) is 6.64. The van der Waals surface area contributed by atoms with Crippen molar-refractivity contribution in [3.05, 3.63) is 47.5 Å². The summed E-state index contributed by atoms with van der Waals surface area (Å²) >= 11 is 0. The zero-order chi connectivity index (χ0) is 14.7. The SMILES string of the molecule is C=C(C)C(=O)OC12c3ccccc3CCCC13COCC32. The summed E-state index contributed by atoms with van der Waals surface area (Å²) in [4.78, 5) is 12.2. The van der Waals surface area contributed by atoms with Gasteiger partial charge in [0.1, 0.15) is 0 Å². The van der Waals surface area contributed by atoms with E-state index in [1.165, 1.54) is 11.1 Å². The fourth-order valence-electron chi connectivity index (χ4n) is 4.54. The van der Waals surface area contributed by atoms with Crippen LogP contribution in [0.2, 0.25) is 0 Å². The van der Waals surface area contributed by atoms with Gasteiger partial charge in [-0.1, -0.05) is 30.8 Å². The third kappa shape index (κ3) is 1.50. The van der Waals surface area contributed by atoms with Crippen molar-refractivity contribution in [2.45, 2.75) is 31.8 Å². The lowest BCUT2D eigenvalue weighted by molar-refractivity contribution is -0.153. The lowest BCUT2D eigenvalue weighted by Crippen LogP contribution is -2.30. The molecule has 0 amide bonds. The largest absolute Gasteiger partial charge is 0.450 e. The van der Waals surface area contributed by atoms with Crippen LogP contribution in [0, 0.1) is 11.3 Å². The zero-order valence-electron chi connectivity index (χ0n) is 12.4. The third-order valence-corrected chi connectivity index (χ3v) is 5.55. The maximum absolute atomic E-state index is 12.2. The van der Waals surface area contributed by atoms with Gasteiger partial charge in [-0.2, -0.15) is 0 Å². The molecule has 0 N–H and O–H groups in total. The molecule has 1 heterocycles. The molecule has 2 fully saturated rings. The molecule has 3 heteroatoms. The fraction of sp³-hybridized carbons (Fsp3) is 0.500. The molecular formula is C18H20O3. The quantitative estimate of drug-likeness (QED) is 0.618. The summed E-state index contributed by atoms with van der Waals surface area (Å²) in [5.74, 6) is 0.0234. The predicted molar refractivity (Wildman–Crippen MR) is 78.7 cm³/mol. The Bertz CT molecular complexity index is 635. The van der Waals surface area contributed by atoms with Crippen molar-refractivity contribution >= 4 is 5.97 Å². The molecule has 3 atom stereocenters. The van der Waals surface area contributed by atoms with Gasteiger partial charge in [-0.05, 0) is 37.3 Å². The summed E-state index contributed by atoms with van der Waals surface area (Å²) in [6, 6.07) is 8.41. The third-order valence-electron chi connectivity index (χ3n) is 5.55. The number of ether oxygens (including phenoxy) is 2. The van der Waals surface area contributed by atoms with Crippen molar-refractivity contribution in [1.29, 1.82) is 0 Å². The van der Waals surface area contributed by atoms with Crippen LogP contribution in [0.1, 0.15) is 30.9 Å². The summed E-state index contributed by atoms with van der Waals surface area (Å²) in [7, 11) is 0. The molecule has 1 spiro atoms. The standard InChI is InChI=1S/C18H20O3/c1-12(2)16(19)21-18-14-8-4-3-6-13(14)7-5-9-17(18)11-20-10-15(17)18/h3-4,6,8,15H,1,5,7,9-11H2,2H3. The van der Waals surface area contributed by atoms with Crippen molar-refractivity contribution in [3.63, 3.8) is 0 Å². The molecule has 0 aromatic heterocycles. The van der Waals surface area contributed by atoms with Crippen molar-refractivity contribution in [1.82, 2.24) is 0 Å². The van der Waals surface area contributed by atoms with Crippen molar-refractivity contribution < 1.29 is 14.3 Å². The van der Waals surface area contributed by atoms with Crippen LogP contribution in [-0.4, -0.2) is 19.2 Å². The molecule has 4 rings (SSSR count). The predicted octanol–water partition coefficient (Wildman–Crippen LogP) is 2.98. The van der Waals surface area contributed by atoms with Crippen LogP contribution in [0.4, 0.5) is 0 Å². The van der Waals surface area contributed by atoms with Gasteiger partial charge in [0.05, 0.1) is 13.2 Å². The van der Waals surface area contributed by atoms with Crippen molar-refractivity contribution in [3.8, 4) is 0 Å². The van der Waals surface area contributed by atoms with Gasteiger partial charge in [-0.25, -0.2) is 4.79 Å². The summed E-state index contributed by atoms with van der Waals surface area (Å²) in [5, 5.41) is 0. The Morgan fingerprint density at radius 1 is 1.43 bits per heavy atom. The number of carbonyl (C=O) groups is 1. The highest BCUT2D eigenvalue weighted by atomic mass is 16.6. The Morgan fingerprint density at radius 2 is 2.24 bits per heavy atom. The highest BCUT2D eigenvalue weighted by Gasteiger charge is 2.82. The van der Waals surface area contributed by atoms with Gasteiger partial charge in [0, 0.05) is 16.9 Å². The van der Waals surface area contributed by atoms with Crippen LogP contribution in [0.25, 0.3) is 0 Å². The minimum absolute atomic E-state index is 0.00921.